The summed E-state index contributed by atoms with van der Waals surface area (Å²) < 4.78 is 13.2. The number of nitrogens with zero attached hydrogens (tertiary/aromatic N) is 1. The van der Waals surface area contributed by atoms with E-state index in [1.54, 1.807) is 36.4 Å². The molecule has 0 unspecified atom stereocenters. The number of anilines is 1. The topological polar surface area (TPSA) is 81.7 Å². The maximum atomic E-state index is 13.2. The second-order valence-electron chi connectivity index (χ2n) is 6.20. The number of para-hydroxylation sites is 1. The van der Waals surface area contributed by atoms with Crippen molar-refractivity contribution in [1.82, 2.24) is 10.2 Å². The van der Waals surface area contributed by atoms with Crippen molar-refractivity contribution < 1.29 is 19.1 Å². The molecule has 0 radical (unpaired) electrons. The molecule has 1 aliphatic heterocycles. The summed E-state index contributed by atoms with van der Waals surface area (Å²) in [5, 5.41) is 15.3. The van der Waals surface area contributed by atoms with Crippen molar-refractivity contribution in [3.8, 4) is 0 Å². The number of hydrogen-bond acceptors (Lipinski definition) is 3. The van der Waals surface area contributed by atoms with Crippen LogP contribution >= 0.6 is 0 Å². The summed E-state index contributed by atoms with van der Waals surface area (Å²) in [6.45, 7) is 0.230. The second kappa shape index (κ2) is 7.97. The molecule has 136 valence electrons. The zero-order valence-corrected chi connectivity index (χ0v) is 14.1. The summed E-state index contributed by atoms with van der Waals surface area (Å²) in [5.41, 5.74) is 1.23. The minimum absolute atomic E-state index is 0.0801. The molecule has 1 heterocycles. The molecule has 3 rings (SSSR count). The minimum atomic E-state index is -0.776. The van der Waals surface area contributed by atoms with E-state index < -0.39 is 18.2 Å². The van der Waals surface area contributed by atoms with Crippen LogP contribution in [0.25, 0.3) is 0 Å². The van der Waals surface area contributed by atoms with E-state index >= 15 is 0 Å². The number of hydrogen-bond donors (Lipinski definition) is 3. The Morgan fingerprint density at radius 1 is 1.15 bits per heavy atom. The van der Waals surface area contributed by atoms with Crippen molar-refractivity contribution in [2.45, 2.75) is 25.1 Å². The third-order valence-corrected chi connectivity index (χ3v) is 4.22. The molecular weight excluding hydrogens is 337 g/mol. The van der Waals surface area contributed by atoms with Crippen LogP contribution in [-0.2, 0) is 11.3 Å². The number of halogens is 1. The first-order valence-electron chi connectivity index (χ1n) is 8.36. The fraction of sp³-hybridized carbons (Fsp3) is 0.263. The summed E-state index contributed by atoms with van der Waals surface area (Å²) >= 11 is 0. The van der Waals surface area contributed by atoms with Crippen molar-refractivity contribution in [2.24, 2.45) is 0 Å². The third kappa shape index (κ3) is 4.37. The first kappa shape index (κ1) is 17.9. The van der Waals surface area contributed by atoms with Gasteiger partial charge in [-0.15, -0.1) is 0 Å². The second-order valence-corrected chi connectivity index (χ2v) is 6.20. The highest BCUT2D eigenvalue weighted by atomic mass is 19.1. The first-order chi connectivity index (χ1) is 12.5. The van der Waals surface area contributed by atoms with Gasteiger partial charge in [-0.3, -0.25) is 4.79 Å². The van der Waals surface area contributed by atoms with Crippen LogP contribution < -0.4 is 10.6 Å². The van der Waals surface area contributed by atoms with E-state index in [1.165, 1.54) is 17.0 Å². The Labute approximate surface area is 150 Å². The molecule has 1 fully saturated rings. The average Bonchev–Trinajstić information content (AvgIpc) is 3.03. The highest BCUT2D eigenvalue weighted by Gasteiger charge is 2.38. The molecule has 2 aromatic rings. The van der Waals surface area contributed by atoms with Crippen LogP contribution in [0.15, 0.2) is 54.6 Å². The predicted octanol–water partition coefficient (Wildman–Crippen LogP) is 2.11. The normalized spacial score (nSPS) is 19.2. The van der Waals surface area contributed by atoms with Gasteiger partial charge < -0.3 is 20.6 Å². The number of likely N-dealkylation sites (tertiary alicyclic amines) is 1. The van der Waals surface area contributed by atoms with Gasteiger partial charge in [0.25, 0.3) is 0 Å². The van der Waals surface area contributed by atoms with Crippen molar-refractivity contribution in [1.29, 1.82) is 0 Å². The number of aliphatic hydroxyl groups excluding tert-OH is 1. The summed E-state index contributed by atoms with van der Waals surface area (Å²) in [6, 6.07) is 13.6. The average molecular weight is 357 g/mol. The molecule has 0 saturated carbocycles. The fourth-order valence-corrected chi connectivity index (χ4v) is 2.96. The van der Waals surface area contributed by atoms with Crippen LogP contribution in [0.1, 0.15) is 12.0 Å². The van der Waals surface area contributed by atoms with Crippen molar-refractivity contribution in [3.63, 3.8) is 0 Å². The van der Waals surface area contributed by atoms with Gasteiger partial charge in [0.15, 0.2) is 0 Å². The van der Waals surface area contributed by atoms with Crippen molar-refractivity contribution in [3.05, 3.63) is 66.0 Å². The number of nitrogens with one attached hydrogen (secondary N) is 2. The molecule has 0 aromatic heterocycles. The van der Waals surface area contributed by atoms with E-state index in [-0.39, 0.29) is 31.2 Å². The van der Waals surface area contributed by atoms with Crippen molar-refractivity contribution in [2.75, 3.05) is 11.9 Å². The SMILES string of the molecule is O=C(NCc1cccc(F)c1)[C@@H]1C[C@@H](O)CN1C(=O)Nc1ccccc1. The number of carbonyl (C=O) groups is 2. The lowest BCUT2D eigenvalue weighted by Crippen LogP contribution is -2.47. The molecule has 0 aliphatic carbocycles. The van der Waals surface area contributed by atoms with Gasteiger partial charge in [-0.2, -0.15) is 0 Å². The van der Waals surface area contributed by atoms with Gasteiger partial charge in [0.05, 0.1) is 6.10 Å². The Balaban J connectivity index is 1.62. The Bertz CT molecular complexity index is 785. The quantitative estimate of drug-likeness (QED) is 0.784. The van der Waals surface area contributed by atoms with Gasteiger partial charge in [0.1, 0.15) is 11.9 Å². The summed E-state index contributed by atoms with van der Waals surface area (Å²) in [4.78, 5) is 26.3. The molecule has 3 N–H and O–H groups in total. The number of urea groups is 1. The van der Waals surface area contributed by atoms with E-state index in [4.69, 9.17) is 0 Å². The standard InChI is InChI=1S/C19H20FN3O3/c20-14-6-4-5-13(9-14)11-21-18(25)17-10-16(24)12-23(17)19(26)22-15-7-2-1-3-8-15/h1-9,16-17,24H,10-12H2,(H,21,25)(H,22,26)/t16-,17+/m1/s1. The summed E-state index contributed by atoms with van der Waals surface area (Å²) in [5.74, 6) is -0.758. The monoisotopic (exact) mass is 357 g/mol. The molecule has 2 atom stereocenters. The van der Waals surface area contributed by atoms with E-state index in [9.17, 15) is 19.1 Å². The maximum Gasteiger partial charge on any atom is 0.322 e. The zero-order chi connectivity index (χ0) is 18.5. The van der Waals surface area contributed by atoms with Gasteiger partial charge in [0, 0.05) is 25.2 Å². The zero-order valence-electron chi connectivity index (χ0n) is 14.1. The molecule has 3 amide bonds. The highest BCUT2D eigenvalue weighted by Crippen LogP contribution is 2.20. The number of carbonyl (C=O) groups excluding carboxylic acids is 2. The van der Waals surface area contributed by atoms with Gasteiger partial charge in [-0.1, -0.05) is 30.3 Å². The Hall–Kier alpha value is -2.93. The summed E-state index contributed by atoms with van der Waals surface area (Å²) in [7, 11) is 0. The van der Waals surface area contributed by atoms with Crippen LogP contribution in [0, 0.1) is 5.82 Å². The van der Waals surface area contributed by atoms with Gasteiger partial charge in [0.2, 0.25) is 5.91 Å². The van der Waals surface area contributed by atoms with Crippen LogP contribution in [0.4, 0.5) is 14.9 Å². The fourth-order valence-electron chi connectivity index (χ4n) is 2.96. The number of benzene rings is 2. The lowest BCUT2D eigenvalue weighted by molar-refractivity contribution is -0.124. The molecular formula is C19H20FN3O3. The lowest BCUT2D eigenvalue weighted by Gasteiger charge is -2.24. The van der Waals surface area contributed by atoms with E-state index in [0.29, 0.717) is 11.3 Å². The van der Waals surface area contributed by atoms with Gasteiger partial charge in [-0.25, -0.2) is 9.18 Å². The molecule has 2 aromatic carbocycles. The highest BCUT2D eigenvalue weighted by molar-refractivity contribution is 5.94. The smallest absolute Gasteiger partial charge is 0.322 e. The first-order valence-corrected chi connectivity index (χ1v) is 8.36. The Kier molecular flexibility index (Phi) is 5.48. The Morgan fingerprint density at radius 3 is 2.65 bits per heavy atom. The molecule has 1 aliphatic rings. The number of rotatable bonds is 4. The molecule has 1 saturated heterocycles. The number of amides is 3. The Morgan fingerprint density at radius 2 is 1.92 bits per heavy atom. The third-order valence-electron chi connectivity index (χ3n) is 4.22. The van der Waals surface area contributed by atoms with E-state index in [1.807, 2.05) is 6.07 Å². The largest absolute Gasteiger partial charge is 0.391 e. The lowest BCUT2D eigenvalue weighted by atomic mass is 10.1. The summed E-state index contributed by atoms with van der Waals surface area (Å²) in [6.07, 6.45) is -0.599. The van der Waals surface area contributed by atoms with Gasteiger partial charge in [-0.05, 0) is 29.8 Å². The predicted molar refractivity (Wildman–Crippen MR) is 94.8 cm³/mol. The molecule has 6 nitrogen and oxygen atoms in total. The van der Waals surface area contributed by atoms with E-state index in [2.05, 4.69) is 10.6 Å². The maximum absolute atomic E-state index is 13.2. The molecule has 7 heteroatoms. The van der Waals surface area contributed by atoms with Crippen LogP contribution in [0.5, 0.6) is 0 Å². The minimum Gasteiger partial charge on any atom is -0.391 e. The van der Waals surface area contributed by atoms with Crippen LogP contribution in [0.2, 0.25) is 0 Å². The van der Waals surface area contributed by atoms with E-state index in [0.717, 1.165) is 0 Å². The van der Waals surface area contributed by atoms with Crippen LogP contribution in [0.3, 0.4) is 0 Å². The van der Waals surface area contributed by atoms with Crippen molar-refractivity contribution >= 4 is 17.6 Å². The molecule has 0 bridgehead atoms. The molecule has 26 heavy (non-hydrogen) atoms. The number of β-amino-alcohol motifs (C(OH)–C–C–N with tert-alkyl or cyclic N) is 1. The molecule has 0 spiro atoms. The van der Waals surface area contributed by atoms with Gasteiger partial charge >= 0.3 is 6.03 Å². The number of aliphatic hydroxyl groups is 1. The van der Waals surface area contributed by atoms with Crippen LogP contribution in [-0.4, -0.2) is 40.6 Å².